The third-order valence-corrected chi connectivity index (χ3v) is 0.0632. The Morgan fingerprint density at radius 1 is 2.00 bits per heavy atom. The normalized spacial score (nSPS) is 4.00. The fourth-order valence-corrected chi connectivity index (χ4v) is 0. The van der Waals surface area contributed by atoms with E-state index in [1.54, 1.807) is 0 Å². The molecule has 4 heavy (non-hydrogen) atoms. The van der Waals surface area contributed by atoms with Crippen LogP contribution in [-0.4, -0.2) is 0 Å². The fraction of sp³-hybridized carbons (Fsp3) is 0. The monoisotopic (exact) mass is 56.0 g/mol. The SMILES string of the molecule is [CH2-]N=[N+]=[N-]. The first-order valence-corrected chi connectivity index (χ1v) is 0.716. The van der Waals surface area contributed by atoms with Gasteiger partial charge in [0.1, 0.15) is 0 Å². The molecule has 0 rings (SSSR count). The van der Waals surface area contributed by atoms with Crippen LogP contribution < -0.4 is 0 Å². The maximum absolute atomic E-state index is 7.27. The highest BCUT2D eigenvalue weighted by atomic mass is 15.1. The van der Waals surface area contributed by atoms with Crippen LogP contribution in [0, 0.1) is 7.05 Å². The maximum Gasteiger partial charge on any atom is -0.00610 e. The lowest BCUT2D eigenvalue weighted by atomic mass is 11.6. The average Bonchev–Trinajstić information content (AvgIpc) is 1.37. The molecule has 3 nitrogen and oxygen atoms in total. The zero-order chi connectivity index (χ0) is 3.41. The molecule has 0 unspecified atom stereocenters. The molecule has 0 saturated heterocycles. The van der Waals surface area contributed by atoms with E-state index in [2.05, 4.69) is 17.1 Å². The molecule has 0 amide bonds. The van der Waals surface area contributed by atoms with E-state index in [0.717, 1.165) is 0 Å². The van der Waals surface area contributed by atoms with Gasteiger partial charge in [-0.3, -0.25) is 5.11 Å². The van der Waals surface area contributed by atoms with Crippen molar-refractivity contribution < 1.29 is 0 Å². The van der Waals surface area contributed by atoms with Gasteiger partial charge in [0.2, 0.25) is 0 Å². The van der Waals surface area contributed by atoms with Crippen LogP contribution in [0.3, 0.4) is 0 Å². The van der Waals surface area contributed by atoms with Gasteiger partial charge < -0.3 is 7.05 Å². The maximum atomic E-state index is 7.27. The first-order chi connectivity index (χ1) is 1.91. The van der Waals surface area contributed by atoms with Gasteiger partial charge in [-0.05, 0) is 10.4 Å². The molecule has 0 aromatic heterocycles. The second kappa shape index (κ2) is 2.18. The number of rotatable bonds is 0. The Morgan fingerprint density at radius 2 is 2.25 bits per heavy atom. The molecule has 0 spiro atoms. The van der Waals surface area contributed by atoms with Crippen molar-refractivity contribution in [2.75, 3.05) is 0 Å². The number of nitrogens with zero attached hydrogens (tertiary/aromatic N) is 3. The second-order valence-corrected chi connectivity index (χ2v) is 0.231. The zero-order valence-electron chi connectivity index (χ0n) is 2.05. The van der Waals surface area contributed by atoms with Crippen molar-refractivity contribution in [1.29, 1.82) is 0 Å². The second-order valence-electron chi connectivity index (χ2n) is 0.231. The molecule has 22 valence electrons. The highest BCUT2D eigenvalue weighted by Crippen LogP contribution is 1.51. The summed E-state index contributed by atoms with van der Waals surface area (Å²) in [5, 5.41) is 2.67. The van der Waals surface area contributed by atoms with E-state index in [9.17, 15) is 0 Å². The van der Waals surface area contributed by atoms with Crippen molar-refractivity contribution in [3.8, 4) is 0 Å². The van der Waals surface area contributed by atoms with Crippen LogP contribution in [0.15, 0.2) is 5.11 Å². The largest absolute Gasteiger partial charge is 0.331 e. The summed E-state index contributed by atoms with van der Waals surface area (Å²) in [6.45, 7) is 0. The molecule has 0 atom stereocenters. The van der Waals surface area contributed by atoms with E-state index in [1.807, 2.05) is 0 Å². The van der Waals surface area contributed by atoms with Crippen molar-refractivity contribution in [3.63, 3.8) is 0 Å². The first-order valence-electron chi connectivity index (χ1n) is 0.716. The van der Waals surface area contributed by atoms with Gasteiger partial charge >= 0.3 is 0 Å². The Morgan fingerprint density at radius 3 is 2.25 bits per heavy atom. The van der Waals surface area contributed by atoms with E-state index < -0.39 is 0 Å². The van der Waals surface area contributed by atoms with Gasteiger partial charge in [0.15, 0.2) is 0 Å². The van der Waals surface area contributed by atoms with Crippen LogP contribution in [-0.2, 0) is 0 Å². The van der Waals surface area contributed by atoms with Crippen LogP contribution in [0.5, 0.6) is 0 Å². The van der Waals surface area contributed by atoms with Gasteiger partial charge in [0.05, 0.1) is 0 Å². The number of azide groups is 1. The molecule has 0 fully saturated rings. The smallest absolute Gasteiger partial charge is 0.00610 e. The summed E-state index contributed by atoms with van der Waals surface area (Å²) >= 11 is 0. The minimum Gasteiger partial charge on any atom is -0.331 e. The number of hydrogen-bond donors (Lipinski definition) is 0. The van der Waals surface area contributed by atoms with Crippen molar-refractivity contribution in [3.05, 3.63) is 17.5 Å². The summed E-state index contributed by atoms with van der Waals surface area (Å²) in [6.07, 6.45) is 0. The molecule has 3 heteroatoms. The van der Waals surface area contributed by atoms with Crippen LogP contribution in [0.25, 0.3) is 10.4 Å². The molecule has 0 saturated carbocycles. The standard InChI is InChI=1S/CH2N3/c1-3-4-2/h1H2/q-1. The molecule has 0 heterocycles. The number of hydrogen-bond acceptors (Lipinski definition) is 1. The predicted octanol–water partition coefficient (Wildman–Crippen LogP) is 1.09. The van der Waals surface area contributed by atoms with Crippen molar-refractivity contribution in [2.24, 2.45) is 5.11 Å². The fourth-order valence-electron chi connectivity index (χ4n) is 0. The third kappa shape index (κ3) is 1.18. The molecule has 0 aliphatic heterocycles. The summed E-state index contributed by atoms with van der Waals surface area (Å²) in [5.41, 5.74) is 7.27. The quantitative estimate of drug-likeness (QED) is 0.172. The summed E-state index contributed by atoms with van der Waals surface area (Å²) in [7, 11) is 2.81. The Labute approximate surface area is 23.9 Å². The van der Waals surface area contributed by atoms with E-state index in [-0.39, 0.29) is 0 Å². The molecule has 0 aromatic carbocycles. The molecule has 0 aliphatic carbocycles. The first kappa shape index (κ1) is 3.18. The van der Waals surface area contributed by atoms with Crippen LogP contribution >= 0.6 is 0 Å². The van der Waals surface area contributed by atoms with Crippen molar-refractivity contribution in [2.45, 2.75) is 0 Å². The summed E-state index contributed by atoms with van der Waals surface area (Å²) in [6, 6.07) is 0. The molecule has 0 aliphatic rings. The van der Waals surface area contributed by atoms with Crippen LogP contribution in [0.4, 0.5) is 0 Å². The average molecular weight is 56.0 g/mol. The molecular formula is CH2N3-. The molecular weight excluding hydrogens is 54.0 g/mol. The Kier molecular flexibility index (Phi) is 1.73. The lowest BCUT2D eigenvalue weighted by Crippen LogP contribution is -1.12. The minimum atomic E-state index is 2.25. The molecule has 0 aromatic rings. The highest BCUT2D eigenvalue weighted by molar-refractivity contribution is 4.35. The van der Waals surface area contributed by atoms with E-state index >= 15 is 0 Å². The topological polar surface area (TPSA) is 48.8 Å². The molecule has 0 radical (unpaired) electrons. The van der Waals surface area contributed by atoms with Gasteiger partial charge in [0, 0.05) is 0 Å². The Balaban J connectivity index is 3.11. The van der Waals surface area contributed by atoms with E-state index in [0.29, 0.717) is 0 Å². The van der Waals surface area contributed by atoms with E-state index in [4.69, 9.17) is 5.53 Å². The zero-order valence-corrected chi connectivity index (χ0v) is 2.05. The summed E-state index contributed by atoms with van der Waals surface area (Å²) < 4.78 is 0. The van der Waals surface area contributed by atoms with Crippen molar-refractivity contribution >= 4 is 0 Å². The molecule has 0 bridgehead atoms. The lowest BCUT2D eigenvalue weighted by molar-refractivity contribution is 1.53. The highest BCUT2D eigenvalue weighted by Gasteiger charge is 1.13. The third-order valence-electron chi connectivity index (χ3n) is 0.0632. The predicted molar refractivity (Wildman–Crippen MR) is 14.5 cm³/mol. The van der Waals surface area contributed by atoms with Crippen LogP contribution in [0.2, 0.25) is 0 Å². The van der Waals surface area contributed by atoms with Gasteiger partial charge in [-0.25, -0.2) is 0 Å². The lowest BCUT2D eigenvalue weighted by Gasteiger charge is -1.52. The van der Waals surface area contributed by atoms with E-state index in [1.165, 1.54) is 0 Å². The minimum absolute atomic E-state index is 2.25. The summed E-state index contributed by atoms with van der Waals surface area (Å²) in [4.78, 5) is 2.25. The van der Waals surface area contributed by atoms with Gasteiger partial charge in [-0.15, -0.1) is 0 Å². The Bertz CT molecular complexity index is 41.2. The van der Waals surface area contributed by atoms with Gasteiger partial charge in [-0.2, -0.15) is 0 Å². The molecule has 0 N–H and O–H groups in total. The Hall–Kier alpha value is -0.820. The van der Waals surface area contributed by atoms with Gasteiger partial charge in [-0.1, -0.05) is 0 Å². The van der Waals surface area contributed by atoms with Crippen molar-refractivity contribution in [1.82, 2.24) is 0 Å². The summed E-state index contributed by atoms with van der Waals surface area (Å²) in [5.74, 6) is 0. The van der Waals surface area contributed by atoms with Gasteiger partial charge in [0.25, 0.3) is 0 Å². The van der Waals surface area contributed by atoms with Crippen LogP contribution in [0.1, 0.15) is 0 Å².